The van der Waals surface area contributed by atoms with Crippen LogP contribution in [-0.2, 0) is 4.79 Å². The number of aryl methyl sites for hydroxylation is 1. The van der Waals surface area contributed by atoms with E-state index in [0.29, 0.717) is 25.2 Å². The Bertz CT molecular complexity index is 1560. The predicted octanol–water partition coefficient (Wildman–Crippen LogP) is 5.56. The lowest BCUT2D eigenvalue weighted by Gasteiger charge is -2.45. The highest BCUT2D eigenvalue weighted by Crippen LogP contribution is 2.38. The van der Waals surface area contributed by atoms with Crippen molar-refractivity contribution in [3.63, 3.8) is 0 Å². The van der Waals surface area contributed by atoms with Gasteiger partial charge in [0.25, 0.3) is 0 Å². The van der Waals surface area contributed by atoms with E-state index in [9.17, 15) is 4.79 Å². The molecule has 41 heavy (non-hydrogen) atoms. The number of fused-ring (bicyclic) bond motifs is 2. The van der Waals surface area contributed by atoms with Crippen LogP contribution in [-0.4, -0.2) is 84.1 Å². The van der Waals surface area contributed by atoms with E-state index in [0.717, 1.165) is 45.9 Å². The molecule has 0 radical (unpaired) electrons. The number of amides is 1. The number of carbonyl (C=O) groups is 1. The van der Waals surface area contributed by atoms with Gasteiger partial charge in [-0.25, -0.2) is 14.5 Å². The first-order chi connectivity index (χ1) is 19.4. The number of hydrogen-bond acceptors (Lipinski definition) is 6. The molecule has 0 bridgehead atoms. The molecule has 9 nitrogen and oxygen atoms in total. The summed E-state index contributed by atoms with van der Waals surface area (Å²) in [7, 11) is 0. The number of pyridine rings is 2. The Kier molecular flexibility index (Phi) is 7.85. The fourth-order valence-corrected chi connectivity index (χ4v) is 6.47. The van der Waals surface area contributed by atoms with Crippen LogP contribution in [0.2, 0.25) is 0 Å². The van der Waals surface area contributed by atoms with E-state index in [1.807, 2.05) is 4.52 Å². The van der Waals surface area contributed by atoms with Crippen LogP contribution < -0.4 is 4.90 Å². The quantitative estimate of drug-likeness (QED) is 0.320. The van der Waals surface area contributed by atoms with Crippen LogP contribution in [0.15, 0.2) is 24.7 Å². The van der Waals surface area contributed by atoms with Crippen molar-refractivity contribution in [3.05, 3.63) is 41.3 Å². The molecule has 2 atom stereocenters. The monoisotopic (exact) mass is 558 g/mol. The second kappa shape index (κ2) is 11.1. The number of anilines is 1. The van der Waals surface area contributed by atoms with E-state index in [4.69, 9.17) is 4.98 Å². The summed E-state index contributed by atoms with van der Waals surface area (Å²) in [5.41, 5.74) is 8.66. The molecule has 1 N–H and O–H groups in total. The van der Waals surface area contributed by atoms with Gasteiger partial charge in [0, 0.05) is 54.6 Å². The average molecular weight is 559 g/mol. The summed E-state index contributed by atoms with van der Waals surface area (Å²) in [6.45, 7) is 23.6. The van der Waals surface area contributed by atoms with E-state index >= 15 is 0 Å². The van der Waals surface area contributed by atoms with E-state index in [1.165, 1.54) is 11.1 Å². The molecule has 0 aromatic carbocycles. The minimum atomic E-state index is 0.101. The standard InChI is InChI=1S/C32H46N8O/c1-18(2)29-30(25-15-40-32(33-17-34-40)24(10)23(25)9)35-26-11-12-27(36-31(26)29)38-13-22(8)39(14-21(38)7)28(41)16-37(19(3)4)20(5)6/h11-12,15,17-22,35H,13-14,16H2,1-10H3/t21-,22+/m0/s1. The molecule has 220 valence electrons. The zero-order valence-corrected chi connectivity index (χ0v) is 26.4. The molecule has 0 unspecified atom stereocenters. The SMILES string of the molecule is Cc1c(-c2[nH]c3ccc(N4C[C@@H](C)N(C(=O)CN(C(C)C)C(C)C)C[C@@H]4C)nc3c2C(C)C)cn2ncnc2c1C. The predicted molar refractivity (Wildman–Crippen MR) is 167 cm³/mol. The van der Waals surface area contributed by atoms with Gasteiger partial charge in [0.05, 0.1) is 23.3 Å². The summed E-state index contributed by atoms with van der Waals surface area (Å²) in [4.78, 5) is 33.5. The van der Waals surface area contributed by atoms with Crippen molar-refractivity contribution in [2.45, 2.75) is 99.3 Å². The lowest BCUT2D eigenvalue weighted by molar-refractivity contribution is -0.136. The van der Waals surface area contributed by atoms with Gasteiger partial charge in [0.1, 0.15) is 12.1 Å². The summed E-state index contributed by atoms with van der Waals surface area (Å²) >= 11 is 0. The number of piperazine rings is 1. The molecular formula is C32H46N8O. The maximum absolute atomic E-state index is 13.4. The third-order valence-electron chi connectivity index (χ3n) is 8.88. The first kappa shape index (κ1) is 29.0. The first-order valence-corrected chi connectivity index (χ1v) is 15.0. The minimum Gasteiger partial charge on any atom is -0.353 e. The van der Waals surface area contributed by atoms with Crippen molar-refractivity contribution >= 4 is 28.4 Å². The normalized spacial score (nSPS) is 18.3. The first-order valence-electron chi connectivity index (χ1n) is 15.0. The number of rotatable bonds is 7. The largest absolute Gasteiger partial charge is 0.353 e. The highest BCUT2D eigenvalue weighted by molar-refractivity contribution is 5.90. The van der Waals surface area contributed by atoms with Crippen molar-refractivity contribution in [1.82, 2.24) is 34.4 Å². The lowest BCUT2D eigenvalue weighted by atomic mass is 9.95. The Morgan fingerprint density at radius 2 is 1.73 bits per heavy atom. The molecule has 4 aromatic rings. The number of nitrogens with one attached hydrogen (secondary N) is 1. The van der Waals surface area contributed by atoms with Crippen LogP contribution in [0, 0.1) is 13.8 Å². The third kappa shape index (κ3) is 5.20. The number of nitrogens with zero attached hydrogens (tertiary/aromatic N) is 7. The van der Waals surface area contributed by atoms with Gasteiger partial charge in [-0.15, -0.1) is 0 Å². The van der Waals surface area contributed by atoms with Crippen molar-refractivity contribution in [2.24, 2.45) is 0 Å². The number of H-pyrrole nitrogens is 1. The molecule has 1 saturated heterocycles. The Morgan fingerprint density at radius 3 is 2.39 bits per heavy atom. The van der Waals surface area contributed by atoms with E-state index < -0.39 is 0 Å². The topological polar surface area (TPSA) is 85.7 Å². The molecule has 1 aliphatic heterocycles. The number of aromatic amines is 1. The van der Waals surface area contributed by atoms with Crippen LogP contribution in [0.5, 0.6) is 0 Å². The summed E-state index contributed by atoms with van der Waals surface area (Å²) in [6, 6.07) is 5.19. The lowest BCUT2D eigenvalue weighted by Crippen LogP contribution is -2.60. The van der Waals surface area contributed by atoms with Crippen molar-refractivity contribution in [1.29, 1.82) is 0 Å². The number of carbonyl (C=O) groups excluding carboxylic acids is 1. The summed E-state index contributed by atoms with van der Waals surface area (Å²) in [5, 5.41) is 4.42. The molecule has 4 aromatic heterocycles. The second-order valence-corrected chi connectivity index (χ2v) is 12.7. The summed E-state index contributed by atoms with van der Waals surface area (Å²) in [6.07, 6.45) is 3.68. The fourth-order valence-electron chi connectivity index (χ4n) is 6.47. The van der Waals surface area contributed by atoms with Gasteiger partial charge in [-0.2, -0.15) is 5.10 Å². The van der Waals surface area contributed by atoms with Gasteiger partial charge in [-0.05, 0) is 84.6 Å². The molecule has 1 aliphatic rings. The van der Waals surface area contributed by atoms with Crippen molar-refractivity contribution in [2.75, 3.05) is 24.5 Å². The number of aromatic nitrogens is 5. The highest BCUT2D eigenvalue weighted by Gasteiger charge is 2.34. The second-order valence-electron chi connectivity index (χ2n) is 12.7. The Balaban J connectivity index is 1.47. The minimum absolute atomic E-state index is 0.101. The van der Waals surface area contributed by atoms with E-state index in [1.54, 1.807) is 6.33 Å². The van der Waals surface area contributed by atoms with Crippen molar-refractivity contribution < 1.29 is 4.79 Å². The molecule has 1 fully saturated rings. The zero-order valence-electron chi connectivity index (χ0n) is 26.4. The average Bonchev–Trinajstić information content (AvgIpc) is 3.54. The fraction of sp³-hybridized carbons (Fsp3) is 0.562. The van der Waals surface area contributed by atoms with Crippen LogP contribution in [0.4, 0.5) is 5.82 Å². The molecular weight excluding hydrogens is 512 g/mol. The maximum Gasteiger partial charge on any atom is 0.237 e. The van der Waals surface area contributed by atoms with Gasteiger partial charge in [0.15, 0.2) is 5.65 Å². The zero-order chi connectivity index (χ0) is 29.7. The smallest absolute Gasteiger partial charge is 0.237 e. The van der Waals surface area contributed by atoms with Gasteiger partial charge >= 0.3 is 0 Å². The maximum atomic E-state index is 13.4. The molecule has 9 heteroatoms. The van der Waals surface area contributed by atoms with Crippen LogP contribution >= 0.6 is 0 Å². The molecule has 5 heterocycles. The van der Waals surface area contributed by atoms with Crippen molar-refractivity contribution in [3.8, 4) is 11.3 Å². The van der Waals surface area contributed by atoms with Crippen LogP contribution in [0.3, 0.4) is 0 Å². The highest BCUT2D eigenvalue weighted by atomic mass is 16.2. The molecule has 0 aliphatic carbocycles. The van der Waals surface area contributed by atoms with Gasteiger partial charge in [0.2, 0.25) is 5.91 Å². The molecule has 0 spiro atoms. The van der Waals surface area contributed by atoms with Gasteiger partial charge in [-0.3, -0.25) is 9.69 Å². The number of hydrogen-bond donors (Lipinski definition) is 1. The summed E-state index contributed by atoms with van der Waals surface area (Å²) < 4.78 is 1.86. The summed E-state index contributed by atoms with van der Waals surface area (Å²) in [5.74, 6) is 1.44. The molecule has 5 rings (SSSR count). The Morgan fingerprint density at radius 1 is 1.02 bits per heavy atom. The van der Waals surface area contributed by atoms with E-state index in [2.05, 4.69) is 117 Å². The van der Waals surface area contributed by atoms with Crippen LogP contribution in [0.1, 0.15) is 78.0 Å². The van der Waals surface area contributed by atoms with Crippen LogP contribution in [0.25, 0.3) is 27.9 Å². The Hall–Kier alpha value is -3.46. The molecule has 0 saturated carbocycles. The van der Waals surface area contributed by atoms with Gasteiger partial charge < -0.3 is 14.8 Å². The third-order valence-corrected chi connectivity index (χ3v) is 8.88. The van der Waals surface area contributed by atoms with E-state index in [-0.39, 0.29) is 23.9 Å². The molecule has 1 amide bonds. The Labute approximate surface area is 243 Å². The van der Waals surface area contributed by atoms with Gasteiger partial charge in [-0.1, -0.05) is 13.8 Å².